The van der Waals surface area contributed by atoms with E-state index in [2.05, 4.69) is 14.4 Å². The summed E-state index contributed by atoms with van der Waals surface area (Å²) in [6, 6.07) is 14.1. The molecule has 1 aromatic heterocycles. The Kier molecular flexibility index (Phi) is 6.02. The average molecular weight is 321 g/mol. The van der Waals surface area contributed by atoms with Crippen LogP contribution in [0.1, 0.15) is 17.3 Å². The summed E-state index contributed by atoms with van der Waals surface area (Å²) in [5.41, 5.74) is 1.49. The zero-order valence-corrected chi connectivity index (χ0v) is 13.1. The predicted octanol–water partition coefficient (Wildman–Crippen LogP) is 1.39. The van der Waals surface area contributed by atoms with Crippen molar-refractivity contribution in [2.75, 3.05) is 13.7 Å². The number of rotatable bonds is 8. The lowest BCUT2D eigenvalue weighted by atomic mass is 10.2. The number of nitrogens with zero attached hydrogens (tertiary/aromatic N) is 1. The van der Waals surface area contributed by atoms with Gasteiger partial charge in [0.1, 0.15) is 0 Å². The number of hydrogen-bond acceptors (Lipinski definition) is 4. The van der Waals surface area contributed by atoms with E-state index in [4.69, 9.17) is 4.74 Å². The van der Waals surface area contributed by atoms with Crippen LogP contribution < -0.4 is 9.44 Å². The summed E-state index contributed by atoms with van der Waals surface area (Å²) in [7, 11) is -2.15. The van der Waals surface area contributed by atoms with Crippen LogP contribution in [0.3, 0.4) is 0 Å². The fraction of sp³-hybridized carbons (Fsp3) is 0.267. The molecule has 7 heteroatoms. The van der Waals surface area contributed by atoms with E-state index in [1.165, 1.54) is 7.11 Å². The molecule has 0 radical (unpaired) electrons. The van der Waals surface area contributed by atoms with Crippen LogP contribution in [0.25, 0.3) is 0 Å². The lowest BCUT2D eigenvalue weighted by Gasteiger charge is -2.17. The van der Waals surface area contributed by atoms with Gasteiger partial charge in [-0.05, 0) is 17.7 Å². The van der Waals surface area contributed by atoms with Crippen molar-refractivity contribution in [2.45, 2.75) is 12.6 Å². The van der Waals surface area contributed by atoms with Gasteiger partial charge in [0.05, 0.1) is 18.3 Å². The summed E-state index contributed by atoms with van der Waals surface area (Å²) in [5, 5.41) is 0. The Bertz CT molecular complexity index is 663. The van der Waals surface area contributed by atoms with Crippen molar-refractivity contribution < 1.29 is 13.2 Å². The quantitative estimate of drug-likeness (QED) is 0.770. The molecular weight excluding hydrogens is 302 g/mol. The van der Waals surface area contributed by atoms with Gasteiger partial charge in [0.2, 0.25) is 0 Å². The minimum absolute atomic E-state index is 0.198. The first-order chi connectivity index (χ1) is 10.6. The van der Waals surface area contributed by atoms with Crippen LogP contribution in [0.2, 0.25) is 0 Å². The van der Waals surface area contributed by atoms with Gasteiger partial charge in [-0.3, -0.25) is 4.98 Å². The maximum atomic E-state index is 12.2. The molecule has 0 unspecified atom stereocenters. The molecule has 0 bridgehead atoms. The van der Waals surface area contributed by atoms with Gasteiger partial charge in [0.25, 0.3) is 10.2 Å². The van der Waals surface area contributed by atoms with Crippen molar-refractivity contribution in [1.29, 1.82) is 0 Å². The topological polar surface area (TPSA) is 80.3 Å². The third-order valence-corrected chi connectivity index (χ3v) is 4.10. The van der Waals surface area contributed by atoms with E-state index in [1.807, 2.05) is 30.3 Å². The fourth-order valence-corrected chi connectivity index (χ4v) is 2.94. The van der Waals surface area contributed by atoms with Crippen LogP contribution in [0.4, 0.5) is 0 Å². The highest BCUT2D eigenvalue weighted by molar-refractivity contribution is 7.87. The number of benzene rings is 1. The molecule has 1 heterocycles. The Labute approximate surface area is 130 Å². The van der Waals surface area contributed by atoms with E-state index < -0.39 is 16.3 Å². The Morgan fingerprint density at radius 1 is 1.14 bits per heavy atom. The largest absolute Gasteiger partial charge is 0.383 e. The standard InChI is InChI=1S/C15H19N3O3S/c1-21-12-15(14-9-5-6-10-16-14)18-22(19,20)17-11-13-7-3-2-4-8-13/h2-10,15,17-18H,11-12H2,1H3/t15-/m0/s1. The van der Waals surface area contributed by atoms with Crippen LogP contribution in [-0.2, 0) is 21.5 Å². The summed E-state index contributed by atoms with van der Waals surface area (Å²) in [6.45, 7) is 0.418. The van der Waals surface area contributed by atoms with Crippen LogP contribution in [0.15, 0.2) is 54.7 Å². The van der Waals surface area contributed by atoms with Crippen molar-refractivity contribution in [3.8, 4) is 0 Å². The van der Waals surface area contributed by atoms with E-state index in [0.29, 0.717) is 5.69 Å². The minimum atomic E-state index is -3.67. The first-order valence-electron chi connectivity index (χ1n) is 6.81. The second kappa shape index (κ2) is 8.00. The van der Waals surface area contributed by atoms with Crippen molar-refractivity contribution in [2.24, 2.45) is 0 Å². The zero-order valence-electron chi connectivity index (χ0n) is 12.3. The maximum Gasteiger partial charge on any atom is 0.277 e. The van der Waals surface area contributed by atoms with Gasteiger partial charge in [0.15, 0.2) is 0 Å². The van der Waals surface area contributed by atoms with Crippen molar-refractivity contribution in [3.63, 3.8) is 0 Å². The highest BCUT2D eigenvalue weighted by Crippen LogP contribution is 2.11. The lowest BCUT2D eigenvalue weighted by molar-refractivity contribution is 0.174. The summed E-state index contributed by atoms with van der Waals surface area (Å²) in [6.07, 6.45) is 1.61. The van der Waals surface area contributed by atoms with E-state index in [9.17, 15) is 8.42 Å². The molecule has 2 N–H and O–H groups in total. The van der Waals surface area contributed by atoms with Crippen molar-refractivity contribution in [3.05, 3.63) is 66.0 Å². The highest BCUT2D eigenvalue weighted by atomic mass is 32.2. The van der Waals surface area contributed by atoms with E-state index >= 15 is 0 Å². The molecular formula is C15H19N3O3S. The summed E-state index contributed by atoms with van der Waals surface area (Å²) in [5.74, 6) is 0. The molecule has 6 nitrogen and oxygen atoms in total. The third kappa shape index (κ3) is 5.19. The Morgan fingerprint density at radius 2 is 1.86 bits per heavy atom. The van der Waals surface area contributed by atoms with Gasteiger partial charge in [-0.15, -0.1) is 0 Å². The normalized spacial score (nSPS) is 13.0. The Balaban J connectivity index is 2.02. The van der Waals surface area contributed by atoms with Crippen molar-refractivity contribution in [1.82, 2.24) is 14.4 Å². The fourth-order valence-electron chi connectivity index (χ4n) is 1.93. The number of pyridine rings is 1. The average Bonchev–Trinajstić information content (AvgIpc) is 2.54. The summed E-state index contributed by atoms with van der Waals surface area (Å²) >= 11 is 0. The molecule has 0 amide bonds. The van der Waals surface area contributed by atoms with Gasteiger partial charge >= 0.3 is 0 Å². The molecule has 22 heavy (non-hydrogen) atoms. The molecule has 0 aliphatic rings. The van der Waals surface area contributed by atoms with Gasteiger partial charge in [-0.1, -0.05) is 36.4 Å². The van der Waals surface area contributed by atoms with Crippen LogP contribution in [-0.4, -0.2) is 27.1 Å². The SMILES string of the molecule is COC[C@H](NS(=O)(=O)NCc1ccccc1)c1ccccn1. The maximum absolute atomic E-state index is 12.2. The Hall–Kier alpha value is -1.80. The summed E-state index contributed by atoms with van der Waals surface area (Å²) < 4.78 is 34.5. The van der Waals surface area contributed by atoms with Gasteiger partial charge in [-0.2, -0.15) is 17.9 Å². The molecule has 0 aliphatic heterocycles. The lowest BCUT2D eigenvalue weighted by Crippen LogP contribution is -2.40. The molecule has 1 atom stereocenters. The predicted molar refractivity (Wildman–Crippen MR) is 84.2 cm³/mol. The zero-order chi connectivity index (χ0) is 15.8. The van der Waals surface area contributed by atoms with E-state index in [1.54, 1.807) is 24.4 Å². The Morgan fingerprint density at radius 3 is 2.50 bits per heavy atom. The molecule has 0 saturated heterocycles. The monoisotopic (exact) mass is 321 g/mol. The first kappa shape index (κ1) is 16.6. The third-order valence-electron chi connectivity index (χ3n) is 2.98. The van der Waals surface area contributed by atoms with Crippen LogP contribution in [0, 0.1) is 0 Å². The van der Waals surface area contributed by atoms with Crippen LogP contribution in [0.5, 0.6) is 0 Å². The van der Waals surface area contributed by atoms with Gasteiger partial charge in [-0.25, -0.2) is 0 Å². The molecule has 0 aliphatic carbocycles. The summed E-state index contributed by atoms with van der Waals surface area (Å²) in [4.78, 5) is 4.17. The number of aromatic nitrogens is 1. The second-order valence-electron chi connectivity index (χ2n) is 4.69. The molecule has 118 valence electrons. The van der Waals surface area contributed by atoms with E-state index in [-0.39, 0.29) is 13.2 Å². The number of methoxy groups -OCH3 is 1. The molecule has 1 aromatic carbocycles. The molecule has 0 saturated carbocycles. The molecule has 0 spiro atoms. The molecule has 2 rings (SSSR count). The van der Waals surface area contributed by atoms with Gasteiger partial charge < -0.3 is 4.74 Å². The number of ether oxygens (including phenoxy) is 1. The number of nitrogens with one attached hydrogen (secondary N) is 2. The molecule has 2 aromatic rings. The first-order valence-corrected chi connectivity index (χ1v) is 8.30. The van der Waals surface area contributed by atoms with Gasteiger partial charge in [0, 0.05) is 19.9 Å². The second-order valence-corrected chi connectivity index (χ2v) is 6.22. The van der Waals surface area contributed by atoms with Crippen molar-refractivity contribution >= 4 is 10.2 Å². The number of hydrogen-bond donors (Lipinski definition) is 2. The molecule has 0 fully saturated rings. The van der Waals surface area contributed by atoms with Crippen LogP contribution >= 0.6 is 0 Å². The minimum Gasteiger partial charge on any atom is -0.383 e. The smallest absolute Gasteiger partial charge is 0.277 e. The van der Waals surface area contributed by atoms with E-state index in [0.717, 1.165) is 5.56 Å². The highest BCUT2D eigenvalue weighted by Gasteiger charge is 2.20.